The summed E-state index contributed by atoms with van der Waals surface area (Å²) in [6, 6.07) is 5.75. The summed E-state index contributed by atoms with van der Waals surface area (Å²) in [4.78, 5) is 0. The highest BCUT2D eigenvalue weighted by molar-refractivity contribution is 5.48. The van der Waals surface area contributed by atoms with Gasteiger partial charge in [-0.25, -0.2) is 0 Å². The van der Waals surface area contributed by atoms with E-state index in [1.54, 1.807) is 25.1 Å². The first kappa shape index (κ1) is 12.3. The van der Waals surface area contributed by atoms with Gasteiger partial charge in [-0.2, -0.15) is 5.10 Å². The van der Waals surface area contributed by atoms with Gasteiger partial charge < -0.3 is 14.8 Å². The minimum atomic E-state index is 0.624. The summed E-state index contributed by atoms with van der Waals surface area (Å²) in [7, 11) is 5.19. The molecule has 0 amide bonds. The van der Waals surface area contributed by atoms with E-state index < -0.39 is 0 Å². The van der Waals surface area contributed by atoms with Crippen LogP contribution in [0.4, 0.5) is 5.69 Å². The van der Waals surface area contributed by atoms with Crippen molar-refractivity contribution in [2.45, 2.75) is 6.54 Å². The summed E-state index contributed by atoms with van der Waals surface area (Å²) < 4.78 is 12.4. The largest absolute Gasteiger partial charge is 0.496 e. The number of nitrogens with one attached hydrogen (secondary N) is 1. The number of anilines is 1. The number of benzene rings is 1. The highest BCUT2D eigenvalue weighted by atomic mass is 16.5. The molecule has 0 aliphatic carbocycles. The number of hydrogen-bond acceptors (Lipinski definition) is 4. The lowest BCUT2D eigenvalue weighted by molar-refractivity contribution is 0.386. The Balaban J connectivity index is 2.17. The standard InChI is InChI=1S/C13H17N3O2/c1-16-9-10(7-15-16)14-8-11-12(17-2)5-4-6-13(11)18-3/h4-7,9,14H,8H2,1-3H3. The van der Waals surface area contributed by atoms with E-state index in [1.165, 1.54) is 0 Å². The molecular formula is C13H17N3O2. The fourth-order valence-electron chi connectivity index (χ4n) is 1.81. The molecular weight excluding hydrogens is 230 g/mol. The number of hydrogen-bond donors (Lipinski definition) is 1. The molecule has 0 saturated heterocycles. The summed E-state index contributed by atoms with van der Waals surface area (Å²) >= 11 is 0. The third-order valence-electron chi connectivity index (χ3n) is 2.70. The predicted octanol–water partition coefficient (Wildman–Crippen LogP) is 2.05. The Morgan fingerprint density at radius 2 is 1.89 bits per heavy atom. The number of methoxy groups -OCH3 is 2. The fraction of sp³-hybridized carbons (Fsp3) is 0.308. The lowest BCUT2D eigenvalue weighted by Crippen LogP contribution is -2.03. The van der Waals surface area contributed by atoms with Crippen molar-refractivity contribution in [3.05, 3.63) is 36.2 Å². The van der Waals surface area contributed by atoms with Crippen LogP contribution in [-0.4, -0.2) is 24.0 Å². The van der Waals surface area contributed by atoms with Crippen LogP contribution in [-0.2, 0) is 13.6 Å². The van der Waals surface area contributed by atoms with Crippen LogP contribution in [0.15, 0.2) is 30.6 Å². The van der Waals surface area contributed by atoms with Gasteiger partial charge in [0.05, 0.1) is 31.7 Å². The highest BCUT2D eigenvalue weighted by Crippen LogP contribution is 2.28. The third kappa shape index (κ3) is 2.56. The van der Waals surface area contributed by atoms with Crippen LogP contribution < -0.4 is 14.8 Å². The van der Waals surface area contributed by atoms with Gasteiger partial charge in [-0.05, 0) is 12.1 Å². The van der Waals surface area contributed by atoms with Crippen molar-refractivity contribution in [1.29, 1.82) is 0 Å². The Bertz CT molecular complexity index is 500. The van der Waals surface area contributed by atoms with E-state index in [0.29, 0.717) is 6.54 Å². The summed E-state index contributed by atoms with van der Waals surface area (Å²) in [5.41, 5.74) is 1.96. The zero-order valence-corrected chi connectivity index (χ0v) is 10.8. The Hall–Kier alpha value is -2.17. The second-order valence-corrected chi connectivity index (χ2v) is 3.90. The molecule has 0 spiro atoms. The Morgan fingerprint density at radius 3 is 2.39 bits per heavy atom. The summed E-state index contributed by atoms with van der Waals surface area (Å²) in [6.45, 7) is 0.624. The Labute approximate surface area is 106 Å². The fourth-order valence-corrected chi connectivity index (χ4v) is 1.81. The van der Waals surface area contributed by atoms with E-state index in [4.69, 9.17) is 9.47 Å². The van der Waals surface area contributed by atoms with E-state index in [9.17, 15) is 0 Å². The quantitative estimate of drug-likeness (QED) is 0.878. The van der Waals surface area contributed by atoms with E-state index in [0.717, 1.165) is 22.7 Å². The lowest BCUT2D eigenvalue weighted by atomic mass is 10.1. The molecule has 1 aromatic carbocycles. The van der Waals surface area contributed by atoms with Crippen LogP contribution in [0, 0.1) is 0 Å². The molecule has 0 unspecified atom stereocenters. The van der Waals surface area contributed by atoms with Crippen LogP contribution in [0.3, 0.4) is 0 Å². The van der Waals surface area contributed by atoms with Crippen molar-refractivity contribution in [3.63, 3.8) is 0 Å². The second-order valence-electron chi connectivity index (χ2n) is 3.90. The molecule has 0 aliphatic rings. The molecule has 1 heterocycles. The maximum absolute atomic E-state index is 5.34. The molecule has 0 aliphatic heterocycles. The van der Waals surface area contributed by atoms with Crippen LogP contribution in [0.5, 0.6) is 11.5 Å². The normalized spacial score (nSPS) is 10.2. The number of aromatic nitrogens is 2. The van der Waals surface area contributed by atoms with E-state index >= 15 is 0 Å². The van der Waals surface area contributed by atoms with E-state index in [2.05, 4.69) is 10.4 Å². The van der Waals surface area contributed by atoms with E-state index in [1.807, 2.05) is 31.4 Å². The molecule has 2 aromatic rings. The first-order chi connectivity index (χ1) is 8.74. The van der Waals surface area contributed by atoms with Gasteiger partial charge >= 0.3 is 0 Å². The van der Waals surface area contributed by atoms with Crippen molar-refractivity contribution in [2.75, 3.05) is 19.5 Å². The number of nitrogens with zero attached hydrogens (tertiary/aromatic N) is 2. The summed E-state index contributed by atoms with van der Waals surface area (Å²) in [5, 5.41) is 7.39. The molecule has 0 saturated carbocycles. The molecule has 1 aromatic heterocycles. The first-order valence-electron chi connectivity index (χ1n) is 5.67. The zero-order valence-electron chi connectivity index (χ0n) is 10.8. The Kier molecular flexibility index (Phi) is 3.72. The Morgan fingerprint density at radius 1 is 1.22 bits per heavy atom. The molecule has 2 rings (SSSR count). The smallest absolute Gasteiger partial charge is 0.127 e. The lowest BCUT2D eigenvalue weighted by Gasteiger charge is -2.13. The van der Waals surface area contributed by atoms with Crippen LogP contribution in [0.1, 0.15) is 5.56 Å². The average Bonchev–Trinajstić information content (AvgIpc) is 2.81. The minimum Gasteiger partial charge on any atom is -0.496 e. The zero-order chi connectivity index (χ0) is 13.0. The number of aryl methyl sites for hydroxylation is 1. The molecule has 0 atom stereocenters. The summed E-state index contributed by atoms with van der Waals surface area (Å²) in [6.07, 6.45) is 3.70. The van der Waals surface area contributed by atoms with Gasteiger partial charge in [-0.1, -0.05) is 6.07 Å². The van der Waals surface area contributed by atoms with Crippen LogP contribution >= 0.6 is 0 Å². The summed E-state index contributed by atoms with van der Waals surface area (Å²) in [5.74, 6) is 1.62. The van der Waals surface area contributed by atoms with Gasteiger partial charge in [0.15, 0.2) is 0 Å². The van der Waals surface area contributed by atoms with Gasteiger partial charge in [0.1, 0.15) is 11.5 Å². The minimum absolute atomic E-state index is 0.624. The molecule has 0 fully saturated rings. The molecule has 96 valence electrons. The predicted molar refractivity (Wildman–Crippen MR) is 70.1 cm³/mol. The highest BCUT2D eigenvalue weighted by Gasteiger charge is 2.09. The van der Waals surface area contributed by atoms with Gasteiger partial charge in [-0.15, -0.1) is 0 Å². The maximum atomic E-state index is 5.34. The van der Waals surface area contributed by atoms with Gasteiger partial charge in [-0.3, -0.25) is 4.68 Å². The number of rotatable bonds is 5. The third-order valence-corrected chi connectivity index (χ3v) is 2.70. The number of ether oxygens (including phenoxy) is 2. The molecule has 0 radical (unpaired) electrons. The molecule has 5 heteroatoms. The van der Waals surface area contributed by atoms with Crippen molar-refractivity contribution in [3.8, 4) is 11.5 Å². The molecule has 0 bridgehead atoms. The second kappa shape index (κ2) is 5.44. The van der Waals surface area contributed by atoms with Crippen molar-refractivity contribution >= 4 is 5.69 Å². The molecule has 1 N–H and O–H groups in total. The van der Waals surface area contributed by atoms with Crippen molar-refractivity contribution in [2.24, 2.45) is 7.05 Å². The van der Waals surface area contributed by atoms with Crippen molar-refractivity contribution in [1.82, 2.24) is 9.78 Å². The van der Waals surface area contributed by atoms with Gasteiger partial charge in [0.25, 0.3) is 0 Å². The van der Waals surface area contributed by atoms with E-state index in [-0.39, 0.29) is 0 Å². The molecule has 5 nitrogen and oxygen atoms in total. The van der Waals surface area contributed by atoms with Crippen LogP contribution in [0.25, 0.3) is 0 Å². The average molecular weight is 247 g/mol. The monoisotopic (exact) mass is 247 g/mol. The maximum Gasteiger partial charge on any atom is 0.127 e. The molecule has 18 heavy (non-hydrogen) atoms. The van der Waals surface area contributed by atoms with Gasteiger partial charge in [0.2, 0.25) is 0 Å². The van der Waals surface area contributed by atoms with Gasteiger partial charge in [0, 0.05) is 19.8 Å². The van der Waals surface area contributed by atoms with Crippen molar-refractivity contribution < 1.29 is 9.47 Å². The SMILES string of the molecule is COc1cccc(OC)c1CNc1cnn(C)c1. The first-order valence-corrected chi connectivity index (χ1v) is 5.67. The topological polar surface area (TPSA) is 48.3 Å². The van der Waals surface area contributed by atoms with Crippen LogP contribution in [0.2, 0.25) is 0 Å².